The van der Waals surface area contributed by atoms with Crippen molar-refractivity contribution in [2.24, 2.45) is 0 Å². The maximum Gasteiger partial charge on any atom is 0.232 e. The molecule has 1 aliphatic heterocycles. The lowest BCUT2D eigenvalue weighted by atomic mass is 9.81. The molecule has 0 aliphatic carbocycles. The molecule has 0 radical (unpaired) electrons. The minimum atomic E-state index is -0.521. The number of rotatable bonds is 4. The first-order valence-electron chi connectivity index (χ1n) is 9.93. The summed E-state index contributed by atoms with van der Waals surface area (Å²) in [5, 5.41) is 18.0. The molecule has 0 bridgehead atoms. The number of hydrogen-bond donors (Lipinski definition) is 2. The van der Waals surface area contributed by atoms with Gasteiger partial charge >= 0.3 is 0 Å². The summed E-state index contributed by atoms with van der Waals surface area (Å²) in [7, 11) is 0. The highest BCUT2D eigenvalue weighted by atomic mass is 19.1. The molecule has 3 heterocycles. The maximum atomic E-state index is 14.6. The fourth-order valence-corrected chi connectivity index (χ4v) is 4.34. The molecule has 158 valence electrons. The van der Waals surface area contributed by atoms with Crippen LogP contribution < -0.4 is 10.1 Å². The molecule has 1 fully saturated rings. The Hall–Kier alpha value is -3.00. The van der Waals surface area contributed by atoms with E-state index in [1.54, 1.807) is 18.5 Å². The molecule has 8 heteroatoms. The zero-order chi connectivity index (χ0) is 21.5. The average molecular weight is 411 g/mol. The van der Waals surface area contributed by atoms with Gasteiger partial charge in [0.25, 0.3) is 0 Å². The van der Waals surface area contributed by atoms with Crippen molar-refractivity contribution in [2.45, 2.75) is 57.7 Å². The van der Waals surface area contributed by atoms with Crippen molar-refractivity contribution in [2.75, 3.05) is 0 Å². The van der Waals surface area contributed by atoms with E-state index in [0.29, 0.717) is 11.6 Å². The summed E-state index contributed by atoms with van der Waals surface area (Å²) in [6, 6.07) is 4.23. The Kier molecular flexibility index (Phi) is 4.97. The lowest BCUT2D eigenvalue weighted by Crippen LogP contribution is -2.60. The first-order valence-corrected chi connectivity index (χ1v) is 9.93. The highest BCUT2D eigenvalue weighted by Gasteiger charge is 2.38. The lowest BCUT2D eigenvalue weighted by Gasteiger charge is -2.46. The Bertz CT molecular complexity index is 1020. The van der Waals surface area contributed by atoms with E-state index in [2.05, 4.69) is 48.1 Å². The molecule has 30 heavy (non-hydrogen) atoms. The summed E-state index contributed by atoms with van der Waals surface area (Å²) in [5.74, 6) is -0.218. The molecule has 0 atom stereocenters. The Morgan fingerprint density at radius 3 is 2.47 bits per heavy atom. The third-order valence-corrected chi connectivity index (χ3v) is 5.16. The fourth-order valence-electron chi connectivity index (χ4n) is 4.34. The predicted octanol–water partition coefficient (Wildman–Crippen LogP) is 3.86. The van der Waals surface area contributed by atoms with Crippen molar-refractivity contribution >= 4 is 0 Å². The smallest absolute Gasteiger partial charge is 0.232 e. The quantitative estimate of drug-likeness (QED) is 0.678. The van der Waals surface area contributed by atoms with Crippen LogP contribution in [-0.2, 0) is 0 Å². The van der Waals surface area contributed by atoms with Crippen LogP contribution in [0, 0.1) is 5.82 Å². The second-order valence-electron chi connectivity index (χ2n) is 9.05. The number of benzene rings is 1. The van der Waals surface area contributed by atoms with Gasteiger partial charge in [0.2, 0.25) is 5.88 Å². The number of nitrogens with one attached hydrogen (secondary N) is 1. The second-order valence-corrected chi connectivity index (χ2v) is 9.05. The van der Waals surface area contributed by atoms with Crippen LogP contribution in [0.25, 0.3) is 16.9 Å². The largest absolute Gasteiger partial charge is 0.507 e. The van der Waals surface area contributed by atoms with Crippen LogP contribution in [0.1, 0.15) is 40.5 Å². The Balaban J connectivity index is 1.53. The van der Waals surface area contributed by atoms with Crippen molar-refractivity contribution < 1.29 is 14.2 Å². The van der Waals surface area contributed by atoms with Crippen LogP contribution in [0.5, 0.6) is 11.6 Å². The van der Waals surface area contributed by atoms with Crippen LogP contribution in [0.15, 0.2) is 43.0 Å². The zero-order valence-corrected chi connectivity index (χ0v) is 17.6. The number of aromatic nitrogens is 4. The van der Waals surface area contributed by atoms with Gasteiger partial charge in [0.05, 0.1) is 18.1 Å². The average Bonchev–Trinajstić information content (AvgIpc) is 3.16. The number of halogens is 1. The van der Waals surface area contributed by atoms with E-state index in [9.17, 15) is 9.50 Å². The second kappa shape index (κ2) is 7.36. The van der Waals surface area contributed by atoms with Gasteiger partial charge in [-0.15, -0.1) is 0 Å². The van der Waals surface area contributed by atoms with Crippen LogP contribution >= 0.6 is 0 Å². The number of hydrogen-bond acceptors (Lipinski definition) is 6. The maximum absolute atomic E-state index is 14.6. The minimum absolute atomic E-state index is 0.00982. The van der Waals surface area contributed by atoms with E-state index in [4.69, 9.17) is 4.74 Å². The summed E-state index contributed by atoms with van der Waals surface area (Å²) in [5.41, 5.74) is 0.687. The van der Waals surface area contributed by atoms with E-state index >= 15 is 0 Å². The third-order valence-electron chi connectivity index (χ3n) is 5.16. The van der Waals surface area contributed by atoms with Crippen molar-refractivity contribution in [3.8, 4) is 28.6 Å². The number of aromatic hydroxyl groups is 1. The Morgan fingerprint density at radius 2 is 1.87 bits per heavy atom. The first-order chi connectivity index (χ1) is 14.1. The monoisotopic (exact) mass is 411 g/mol. The molecular weight excluding hydrogens is 385 g/mol. The molecule has 0 amide bonds. The molecule has 7 nitrogen and oxygen atoms in total. The zero-order valence-electron chi connectivity index (χ0n) is 17.6. The third kappa shape index (κ3) is 4.28. The molecule has 1 saturated heterocycles. The normalized spacial score (nSPS) is 18.3. The van der Waals surface area contributed by atoms with E-state index in [1.165, 1.54) is 29.2 Å². The van der Waals surface area contributed by atoms with Crippen molar-refractivity contribution in [1.82, 2.24) is 25.1 Å². The predicted molar refractivity (Wildman–Crippen MR) is 111 cm³/mol. The molecular formula is C22H26FN5O2. The van der Waals surface area contributed by atoms with Gasteiger partial charge < -0.3 is 15.2 Å². The van der Waals surface area contributed by atoms with Crippen LogP contribution in [0.4, 0.5) is 4.39 Å². The van der Waals surface area contributed by atoms with Gasteiger partial charge in [0.15, 0.2) is 0 Å². The van der Waals surface area contributed by atoms with E-state index in [0.717, 1.165) is 12.8 Å². The molecule has 1 aliphatic rings. The van der Waals surface area contributed by atoms with Crippen LogP contribution in [0.3, 0.4) is 0 Å². The lowest BCUT2D eigenvalue weighted by molar-refractivity contribution is 0.0527. The highest BCUT2D eigenvalue weighted by Crippen LogP contribution is 2.33. The summed E-state index contributed by atoms with van der Waals surface area (Å²) in [6.45, 7) is 8.62. The Morgan fingerprint density at radius 1 is 1.13 bits per heavy atom. The van der Waals surface area contributed by atoms with Crippen molar-refractivity contribution in [3.05, 3.63) is 48.8 Å². The number of phenolic OH excluding ortho intramolecular Hbond substituents is 1. The van der Waals surface area contributed by atoms with E-state index in [-0.39, 0.29) is 34.2 Å². The minimum Gasteiger partial charge on any atom is -0.507 e. The van der Waals surface area contributed by atoms with Crippen LogP contribution in [-0.4, -0.2) is 42.0 Å². The summed E-state index contributed by atoms with van der Waals surface area (Å²) >= 11 is 0. The fraction of sp³-hybridized carbons (Fsp3) is 0.409. The SMILES string of the molecule is CC1(C)CC(Oc2cnc(-c3cc(F)c(-n4cccn4)cc3O)cn2)CC(C)(C)N1. The number of phenols is 1. The number of piperidine rings is 1. The van der Waals surface area contributed by atoms with Gasteiger partial charge in [-0.2, -0.15) is 5.10 Å². The Labute approximate surface area is 174 Å². The molecule has 0 unspecified atom stereocenters. The summed E-state index contributed by atoms with van der Waals surface area (Å²) in [4.78, 5) is 8.66. The van der Waals surface area contributed by atoms with E-state index in [1.807, 2.05) is 0 Å². The van der Waals surface area contributed by atoms with Crippen molar-refractivity contribution in [1.29, 1.82) is 0 Å². The van der Waals surface area contributed by atoms with Gasteiger partial charge in [-0.3, -0.25) is 0 Å². The van der Waals surface area contributed by atoms with Gasteiger partial charge in [0.1, 0.15) is 23.4 Å². The summed E-state index contributed by atoms with van der Waals surface area (Å²) < 4.78 is 22.0. The molecule has 2 N–H and O–H groups in total. The van der Waals surface area contributed by atoms with Gasteiger partial charge in [-0.05, 0) is 39.8 Å². The van der Waals surface area contributed by atoms with Crippen molar-refractivity contribution in [3.63, 3.8) is 0 Å². The molecule has 0 spiro atoms. The van der Waals surface area contributed by atoms with Crippen LogP contribution in [0.2, 0.25) is 0 Å². The van der Waals surface area contributed by atoms with Gasteiger partial charge in [0, 0.05) is 47.9 Å². The standard InChI is InChI=1S/C22H26FN5O2/c1-21(2)10-14(11-22(3,4)27-21)30-20-13-24-17(12-25-20)15-8-16(23)18(9-19(15)29)28-7-5-6-26-28/h5-9,12-14,27,29H,10-11H2,1-4H3. The molecule has 0 saturated carbocycles. The number of nitrogens with zero attached hydrogens (tertiary/aromatic N) is 4. The molecule has 2 aromatic heterocycles. The topological polar surface area (TPSA) is 85.1 Å². The number of ether oxygens (including phenoxy) is 1. The first kappa shape index (κ1) is 20.3. The highest BCUT2D eigenvalue weighted by molar-refractivity contribution is 5.68. The molecule has 3 aromatic rings. The molecule has 4 rings (SSSR count). The van der Waals surface area contributed by atoms with Gasteiger partial charge in [-0.25, -0.2) is 19.0 Å². The molecule has 1 aromatic carbocycles. The van der Waals surface area contributed by atoms with E-state index < -0.39 is 5.82 Å². The summed E-state index contributed by atoms with van der Waals surface area (Å²) in [6.07, 6.45) is 7.84. The van der Waals surface area contributed by atoms with Gasteiger partial charge in [-0.1, -0.05) is 0 Å².